The first-order valence-corrected chi connectivity index (χ1v) is 9.60. The third-order valence-corrected chi connectivity index (χ3v) is 4.94. The van der Waals surface area contributed by atoms with Gasteiger partial charge in [0.05, 0.1) is 18.5 Å². The van der Waals surface area contributed by atoms with Crippen molar-refractivity contribution < 1.29 is 23.5 Å². The highest BCUT2D eigenvalue weighted by atomic mass is 16.5. The van der Waals surface area contributed by atoms with Gasteiger partial charge in [0.2, 0.25) is 0 Å². The van der Waals surface area contributed by atoms with Crippen LogP contribution in [0, 0.1) is 6.92 Å². The molecule has 0 saturated heterocycles. The number of nitrogens with one attached hydrogen (secondary N) is 1. The van der Waals surface area contributed by atoms with Crippen molar-refractivity contribution in [2.75, 3.05) is 12.4 Å². The molecule has 2 aromatic carbocycles. The second-order valence-electron chi connectivity index (χ2n) is 6.94. The summed E-state index contributed by atoms with van der Waals surface area (Å²) in [5.74, 6) is 0.154. The minimum atomic E-state index is -0.636. The van der Waals surface area contributed by atoms with Crippen LogP contribution in [0.5, 0.6) is 5.75 Å². The number of carbonyl (C=O) groups excluding carboxylic acids is 2. The fourth-order valence-corrected chi connectivity index (χ4v) is 3.16. The van der Waals surface area contributed by atoms with Gasteiger partial charge >= 0.3 is 5.97 Å². The summed E-state index contributed by atoms with van der Waals surface area (Å²) in [4.78, 5) is 24.6. The predicted molar refractivity (Wildman–Crippen MR) is 114 cm³/mol. The number of esters is 1. The van der Waals surface area contributed by atoms with Crippen molar-refractivity contribution in [2.45, 2.75) is 13.5 Å². The van der Waals surface area contributed by atoms with Gasteiger partial charge in [-0.05, 0) is 42.0 Å². The summed E-state index contributed by atoms with van der Waals surface area (Å²) in [6.07, 6.45) is 0. The van der Waals surface area contributed by atoms with E-state index in [-0.39, 0.29) is 23.7 Å². The Morgan fingerprint density at radius 3 is 2.65 bits per heavy atom. The van der Waals surface area contributed by atoms with Crippen LogP contribution in [0.15, 0.2) is 59.0 Å². The molecule has 0 saturated carbocycles. The Morgan fingerprint density at radius 2 is 1.87 bits per heavy atom. The molecule has 2 heterocycles. The smallest absolute Gasteiger partial charge is 0.360 e. The molecule has 0 fully saturated rings. The first kappa shape index (κ1) is 20.2. The number of amides is 1. The van der Waals surface area contributed by atoms with Gasteiger partial charge in [-0.2, -0.15) is 5.10 Å². The average Bonchev–Trinajstić information content (AvgIpc) is 3.37. The van der Waals surface area contributed by atoms with Gasteiger partial charge in [0.15, 0.2) is 11.5 Å². The fraction of sp³-hybridized carbons (Fsp3) is 0.174. The highest BCUT2D eigenvalue weighted by molar-refractivity contribution is 6.06. The summed E-state index contributed by atoms with van der Waals surface area (Å²) in [6.45, 7) is 1.91. The molecule has 0 aliphatic rings. The Balaban J connectivity index is 1.45. The highest BCUT2D eigenvalue weighted by Crippen LogP contribution is 2.23. The second-order valence-corrected chi connectivity index (χ2v) is 6.94. The molecule has 0 bridgehead atoms. The van der Waals surface area contributed by atoms with E-state index in [2.05, 4.69) is 10.4 Å². The van der Waals surface area contributed by atoms with Crippen molar-refractivity contribution in [2.24, 2.45) is 7.05 Å². The fourth-order valence-electron chi connectivity index (χ4n) is 3.16. The number of fused-ring (bicyclic) bond motifs is 1. The molecule has 0 aliphatic carbocycles. The van der Waals surface area contributed by atoms with Crippen LogP contribution >= 0.6 is 0 Å². The SMILES string of the molecule is COC(=O)c1nn(C)c(C)c1NC(=O)c1ccc(COc2ccc3ccccc3c2)o1. The summed E-state index contributed by atoms with van der Waals surface area (Å²) in [5.41, 5.74) is 0.923. The average molecular weight is 419 g/mol. The Hall–Kier alpha value is -4.07. The number of ether oxygens (including phenoxy) is 2. The number of anilines is 1. The number of nitrogens with zero attached hydrogens (tertiary/aromatic N) is 2. The summed E-state index contributed by atoms with van der Waals surface area (Å²) >= 11 is 0. The van der Waals surface area contributed by atoms with E-state index < -0.39 is 11.9 Å². The van der Waals surface area contributed by atoms with Gasteiger partial charge < -0.3 is 19.2 Å². The van der Waals surface area contributed by atoms with Crippen LogP contribution in [0.2, 0.25) is 0 Å². The lowest BCUT2D eigenvalue weighted by Gasteiger charge is -2.06. The van der Waals surface area contributed by atoms with Gasteiger partial charge in [0.1, 0.15) is 18.1 Å². The van der Waals surface area contributed by atoms with Crippen molar-refractivity contribution in [3.8, 4) is 5.75 Å². The molecule has 4 rings (SSSR count). The van der Waals surface area contributed by atoms with Crippen molar-refractivity contribution in [1.29, 1.82) is 0 Å². The van der Waals surface area contributed by atoms with E-state index in [9.17, 15) is 9.59 Å². The molecule has 4 aromatic rings. The maximum atomic E-state index is 12.6. The largest absolute Gasteiger partial charge is 0.486 e. The van der Waals surface area contributed by atoms with Gasteiger partial charge in [-0.1, -0.05) is 30.3 Å². The van der Waals surface area contributed by atoms with Gasteiger partial charge in [-0.3, -0.25) is 9.48 Å². The van der Waals surface area contributed by atoms with E-state index in [0.717, 1.165) is 10.8 Å². The number of benzene rings is 2. The normalized spacial score (nSPS) is 10.8. The molecule has 0 spiro atoms. The number of carbonyl (C=O) groups is 2. The maximum absolute atomic E-state index is 12.6. The van der Waals surface area contributed by atoms with Gasteiger partial charge in [0, 0.05) is 7.05 Å². The van der Waals surface area contributed by atoms with Crippen molar-refractivity contribution in [3.63, 3.8) is 0 Å². The Kier molecular flexibility index (Phi) is 5.44. The van der Waals surface area contributed by atoms with Crippen molar-refractivity contribution in [3.05, 3.63) is 77.5 Å². The van der Waals surface area contributed by atoms with Crippen LogP contribution in [0.25, 0.3) is 10.8 Å². The Labute approximate surface area is 178 Å². The molecule has 8 nitrogen and oxygen atoms in total. The zero-order valence-electron chi connectivity index (χ0n) is 17.3. The van der Waals surface area contributed by atoms with E-state index >= 15 is 0 Å². The van der Waals surface area contributed by atoms with Crippen LogP contribution in [-0.4, -0.2) is 28.8 Å². The number of methoxy groups -OCH3 is 1. The molecule has 0 atom stereocenters. The molecule has 0 aliphatic heterocycles. The van der Waals surface area contributed by atoms with E-state index in [1.165, 1.54) is 11.8 Å². The number of rotatable bonds is 6. The minimum absolute atomic E-state index is 0.0299. The molecule has 8 heteroatoms. The topological polar surface area (TPSA) is 95.6 Å². The summed E-state index contributed by atoms with van der Waals surface area (Å²) in [6, 6.07) is 17.1. The molecule has 2 aromatic heterocycles. The molecule has 1 N–H and O–H groups in total. The molecule has 0 unspecified atom stereocenters. The summed E-state index contributed by atoms with van der Waals surface area (Å²) in [5, 5.41) is 8.98. The number of hydrogen-bond donors (Lipinski definition) is 1. The molecule has 158 valence electrons. The zero-order valence-corrected chi connectivity index (χ0v) is 17.3. The first-order chi connectivity index (χ1) is 15.0. The lowest BCUT2D eigenvalue weighted by atomic mass is 10.1. The Morgan fingerprint density at radius 1 is 1.10 bits per heavy atom. The third kappa shape index (κ3) is 4.13. The number of aryl methyl sites for hydroxylation is 1. The van der Waals surface area contributed by atoms with E-state index in [1.807, 2.05) is 42.5 Å². The number of hydrogen-bond acceptors (Lipinski definition) is 6. The summed E-state index contributed by atoms with van der Waals surface area (Å²) in [7, 11) is 2.93. The van der Waals surface area contributed by atoms with E-state index in [0.29, 0.717) is 17.2 Å². The predicted octanol–water partition coefficient (Wildman–Crippen LogP) is 4.09. The molecule has 31 heavy (non-hydrogen) atoms. The van der Waals surface area contributed by atoms with Gasteiger partial charge in [-0.25, -0.2) is 4.79 Å². The lowest BCUT2D eigenvalue weighted by molar-refractivity contribution is 0.0594. The van der Waals surface area contributed by atoms with Crippen LogP contribution in [-0.2, 0) is 18.4 Å². The Bertz CT molecular complexity index is 1270. The standard InChI is InChI=1S/C23H21N3O5/c1-14-20(21(23(28)29-3)25-26(14)2)24-22(27)19-11-10-18(31-19)13-30-17-9-8-15-6-4-5-7-16(15)12-17/h4-12H,13H2,1-3H3,(H,24,27). The van der Waals surface area contributed by atoms with E-state index in [1.54, 1.807) is 26.1 Å². The van der Waals surface area contributed by atoms with Gasteiger partial charge in [-0.15, -0.1) is 0 Å². The lowest BCUT2D eigenvalue weighted by Crippen LogP contribution is -2.14. The third-order valence-electron chi connectivity index (χ3n) is 4.94. The summed E-state index contributed by atoms with van der Waals surface area (Å²) < 4.78 is 17.6. The van der Waals surface area contributed by atoms with Gasteiger partial charge in [0.25, 0.3) is 5.91 Å². The van der Waals surface area contributed by atoms with Crippen LogP contribution < -0.4 is 10.1 Å². The second kappa shape index (κ2) is 8.35. The quantitative estimate of drug-likeness (QED) is 0.473. The monoisotopic (exact) mass is 419 g/mol. The first-order valence-electron chi connectivity index (χ1n) is 9.60. The number of aromatic nitrogens is 2. The maximum Gasteiger partial charge on any atom is 0.360 e. The van der Waals surface area contributed by atoms with Crippen molar-refractivity contribution >= 4 is 28.3 Å². The minimum Gasteiger partial charge on any atom is -0.486 e. The molecule has 1 amide bonds. The molecular weight excluding hydrogens is 398 g/mol. The van der Waals surface area contributed by atoms with E-state index in [4.69, 9.17) is 13.9 Å². The zero-order chi connectivity index (χ0) is 22.0. The number of furan rings is 1. The molecule has 0 radical (unpaired) electrons. The van der Waals surface area contributed by atoms with Crippen LogP contribution in [0.4, 0.5) is 5.69 Å². The van der Waals surface area contributed by atoms with Crippen LogP contribution in [0.1, 0.15) is 32.5 Å². The molecular formula is C23H21N3O5. The van der Waals surface area contributed by atoms with Crippen molar-refractivity contribution in [1.82, 2.24) is 9.78 Å². The highest BCUT2D eigenvalue weighted by Gasteiger charge is 2.23. The van der Waals surface area contributed by atoms with Crippen LogP contribution in [0.3, 0.4) is 0 Å².